The van der Waals surface area contributed by atoms with E-state index in [2.05, 4.69) is 15.3 Å². The first-order valence-electron chi connectivity index (χ1n) is 7.69. The number of benzene rings is 1. The monoisotopic (exact) mass is 327 g/mol. The van der Waals surface area contributed by atoms with Gasteiger partial charge in [-0.05, 0) is 17.5 Å². The molecule has 0 saturated heterocycles. The summed E-state index contributed by atoms with van der Waals surface area (Å²) in [5.41, 5.74) is 8.12. The van der Waals surface area contributed by atoms with E-state index in [1.165, 1.54) is 0 Å². The van der Waals surface area contributed by atoms with Gasteiger partial charge in [0.2, 0.25) is 5.95 Å². The number of anilines is 1. The predicted octanol–water partition coefficient (Wildman–Crippen LogP) is 1.38. The zero-order chi connectivity index (χ0) is 17.4. The normalized spacial score (nSPS) is 10.4. The van der Waals surface area contributed by atoms with E-state index in [1.54, 1.807) is 12.4 Å². The highest BCUT2D eigenvalue weighted by molar-refractivity contribution is 5.98. The van der Waals surface area contributed by atoms with Crippen molar-refractivity contribution in [3.05, 3.63) is 42.2 Å². The molecule has 0 saturated carbocycles. The quantitative estimate of drug-likeness (QED) is 0.407. The molecule has 0 aliphatic heterocycles. The van der Waals surface area contributed by atoms with Crippen LogP contribution in [0, 0.1) is 5.41 Å². The van der Waals surface area contributed by atoms with Crippen molar-refractivity contribution in [3.8, 4) is 11.1 Å². The van der Waals surface area contributed by atoms with Gasteiger partial charge in [0.25, 0.3) is 0 Å². The SMILES string of the molecule is N=C(N)CC(=O)CCc1cccc(-c2cnc(NCCO)nc2)c1. The number of nitrogens with two attached hydrogens (primary N) is 1. The number of amidine groups is 1. The van der Waals surface area contributed by atoms with Crippen LogP contribution in [0.1, 0.15) is 18.4 Å². The number of hydrogen-bond donors (Lipinski definition) is 4. The molecule has 0 aliphatic carbocycles. The average molecular weight is 327 g/mol. The highest BCUT2D eigenvalue weighted by Crippen LogP contribution is 2.20. The van der Waals surface area contributed by atoms with Gasteiger partial charge in [-0.1, -0.05) is 24.3 Å². The lowest BCUT2D eigenvalue weighted by Crippen LogP contribution is -2.15. The van der Waals surface area contributed by atoms with Crippen LogP contribution < -0.4 is 11.1 Å². The third kappa shape index (κ3) is 5.44. The lowest BCUT2D eigenvalue weighted by atomic mass is 10.0. The minimum absolute atomic E-state index is 0.00975. The number of aromatic nitrogens is 2. The molecule has 0 amide bonds. The molecule has 1 aromatic heterocycles. The molecule has 0 unspecified atom stereocenters. The molecule has 7 heteroatoms. The average Bonchev–Trinajstić information content (AvgIpc) is 2.58. The standard InChI is InChI=1S/C17H21N5O2/c18-16(19)9-15(24)5-4-12-2-1-3-13(8-12)14-10-21-17(22-11-14)20-6-7-23/h1-3,8,10-11,23H,4-7,9H2,(H3,18,19)(H,20,21,22). The van der Waals surface area contributed by atoms with Gasteiger partial charge in [0, 0.05) is 30.9 Å². The molecule has 2 aromatic rings. The van der Waals surface area contributed by atoms with E-state index in [0.29, 0.717) is 25.3 Å². The Hall–Kier alpha value is -2.80. The van der Waals surface area contributed by atoms with Gasteiger partial charge >= 0.3 is 0 Å². The molecule has 0 bridgehead atoms. The number of aryl methyl sites for hydroxylation is 1. The van der Waals surface area contributed by atoms with Gasteiger partial charge in [0.15, 0.2) is 0 Å². The van der Waals surface area contributed by atoms with Crippen molar-refractivity contribution in [2.45, 2.75) is 19.3 Å². The van der Waals surface area contributed by atoms with E-state index in [-0.39, 0.29) is 24.6 Å². The number of nitrogens with one attached hydrogen (secondary N) is 2. The van der Waals surface area contributed by atoms with Crippen molar-refractivity contribution < 1.29 is 9.90 Å². The van der Waals surface area contributed by atoms with Crippen molar-refractivity contribution >= 4 is 17.6 Å². The lowest BCUT2D eigenvalue weighted by molar-refractivity contribution is -0.117. The van der Waals surface area contributed by atoms with E-state index in [9.17, 15) is 4.79 Å². The number of aliphatic hydroxyl groups excluding tert-OH is 1. The van der Waals surface area contributed by atoms with Crippen LogP contribution in [0.4, 0.5) is 5.95 Å². The maximum absolute atomic E-state index is 11.6. The van der Waals surface area contributed by atoms with Gasteiger partial charge in [-0.3, -0.25) is 10.2 Å². The molecule has 1 aromatic carbocycles. The summed E-state index contributed by atoms with van der Waals surface area (Å²) < 4.78 is 0. The summed E-state index contributed by atoms with van der Waals surface area (Å²) in [6.45, 7) is 0.429. The Labute approximate surface area is 140 Å². The molecule has 0 aliphatic rings. The summed E-state index contributed by atoms with van der Waals surface area (Å²) in [4.78, 5) is 20.0. The van der Waals surface area contributed by atoms with E-state index < -0.39 is 0 Å². The molecular formula is C17H21N5O2. The summed E-state index contributed by atoms with van der Waals surface area (Å²) in [5, 5.41) is 18.8. The van der Waals surface area contributed by atoms with Crippen molar-refractivity contribution in [1.82, 2.24) is 9.97 Å². The Morgan fingerprint density at radius 3 is 2.67 bits per heavy atom. The Balaban J connectivity index is 2.01. The molecule has 0 spiro atoms. The van der Waals surface area contributed by atoms with Crippen LogP contribution in [-0.2, 0) is 11.2 Å². The van der Waals surface area contributed by atoms with Gasteiger partial charge in [0.05, 0.1) is 18.9 Å². The maximum Gasteiger partial charge on any atom is 0.222 e. The number of rotatable bonds is 9. The first kappa shape index (κ1) is 17.6. The van der Waals surface area contributed by atoms with Gasteiger partial charge in [-0.2, -0.15) is 0 Å². The Bertz CT molecular complexity index is 700. The van der Waals surface area contributed by atoms with Crippen LogP contribution in [0.25, 0.3) is 11.1 Å². The van der Waals surface area contributed by atoms with Crippen LogP contribution in [0.15, 0.2) is 36.7 Å². The zero-order valence-corrected chi connectivity index (χ0v) is 13.3. The second-order valence-corrected chi connectivity index (χ2v) is 5.39. The van der Waals surface area contributed by atoms with Crippen molar-refractivity contribution in [2.75, 3.05) is 18.5 Å². The minimum Gasteiger partial charge on any atom is -0.395 e. The van der Waals surface area contributed by atoms with E-state index in [4.69, 9.17) is 16.2 Å². The number of carbonyl (C=O) groups excluding carboxylic acids is 1. The fourth-order valence-corrected chi connectivity index (χ4v) is 2.23. The summed E-state index contributed by atoms with van der Waals surface area (Å²) in [7, 11) is 0. The first-order valence-corrected chi connectivity index (χ1v) is 7.69. The van der Waals surface area contributed by atoms with Crippen molar-refractivity contribution in [1.29, 1.82) is 5.41 Å². The van der Waals surface area contributed by atoms with Crippen LogP contribution in [-0.4, -0.2) is 39.8 Å². The van der Waals surface area contributed by atoms with Gasteiger partial charge < -0.3 is 16.2 Å². The zero-order valence-electron chi connectivity index (χ0n) is 13.3. The number of ketones is 1. The minimum atomic E-state index is -0.0965. The molecule has 24 heavy (non-hydrogen) atoms. The molecule has 0 atom stereocenters. The maximum atomic E-state index is 11.6. The number of carbonyl (C=O) groups is 1. The Morgan fingerprint density at radius 2 is 2.00 bits per heavy atom. The first-order chi connectivity index (χ1) is 11.6. The highest BCUT2D eigenvalue weighted by atomic mass is 16.3. The van der Waals surface area contributed by atoms with Crippen LogP contribution in [0.3, 0.4) is 0 Å². The number of Topliss-reactive ketones (excluding diaryl/α,β-unsaturated/α-hetero) is 1. The molecule has 0 fully saturated rings. The third-order valence-corrected chi connectivity index (χ3v) is 3.39. The summed E-state index contributed by atoms with van der Waals surface area (Å²) >= 11 is 0. The number of aliphatic hydroxyl groups is 1. The Kier molecular flexibility index (Phi) is 6.39. The summed E-state index contributed by atoms with van der Waals surface area (Å²) in [5.74, 6) is 0.343. The number of nitrogens with zero attached hydrogens (tertiary/aromatic N) is 2. The molecule has 2 rings (SSSR count). The molecule has 7 nitrogen and oxygen atoms in total. The summed E-state index contributed by atoms with van der Waals surface area (Å²) in [6, 6.07) is 7.85. The number of hydrogen-bond acceptors (Lipinski definition) is 6. The second kappa shape index (κ2) is 8.73. The molecule has 5 N–H and O–H groups in total. The smallest absolute Gasteiger partial charge is 0.222 e. The fourth-order valence-electron chi connectivity index (χ4n) is 2.23. The third-order valence-electron chi connectivity index (χ3n) is 3.39. The highest BCUT2D eigenvalue weighted by Gasteiger charge is 2.06. The van der Waals surface area contributed by atoms with E-state index in [0.717, 1.165) is 16.7 Å². The largest absolute Gasteiger partial charge is 0.395 e. The van der Waals surface area contributed by atoms with Crippen LogP contribution in [0.5, 0.6) is 0 Å². The van der Waals surface area contributed by atoms with Gasteiger partial charge in [0.1, 0.15) is 5.78 Å². The fraction of sp³-hybridized carbons (Fsp3) is 0.294. The van der Waals surface area contributed by atoms with E-state index in [1.807, 2.05) is 24.3 Å². The van der Waals surface area contributed by atoms with Gasteiger partial charge in [-0.15, -0.1) is 0 Å². The van der Waals surface area contributed by atoms with Crippen LogP contribution >= 0.6 is 0 Å². The Morgan fingerprint density at radius 1 is 1.25 bits per heavy atom. The molecule has 1 heterocycles. The second-order valence-electron chi connectivity index (χ2n) is 5.39. The van der Waals surface area contributed by atoms with Crippen LogP contribution in [0.2, 0.25) is 0 Å². The van der Waals surface area contributed by atoms with Crippen molar-refractivity contribution in [3.63, 3.8) is 0 Å². The summed E-state index contributed by atoms with van der Waals surface area (Å²) in [6.07, 6.45) is 4.41. The van der Waals surface area contributed by atoms with Crippen molar-refractivity contribution in [2.24, 2.45) is 5.73 Å². The lowest BCUT2D eigenvalue weighted by Gasteiger charge is -2.07. The topological polar surface area (TPSA) is 125 Å². The predicted molar refractivity (Wildman–Crippen MR) is 92.9 cm³/mol. The molecular weight excluding hydrogens is 306 g/mol. The van der Waals surface area contributed by atoms with Gasteiger partial charge in [-0.25, -0.2) is 9.97 Å². The molecule has 0 radical (unpaired) electrons. The molecule has 126 valence electrons. The van der Waals surface area contributed by atoms with E-state index >= 15 is 0 Å².